The molecule has 0 atom stereocenters. The van der Waals surface area contributed by atoms with E-state index in [0.717, 1.165) is 65.2 Å². The number of likely N-dealkylation sites (tertiary alicyclic amines) is 1. The van der Waals surface area contributed by atoms with Gasteiger partial charge in [-0.1, -0.05) is 54.1 Å². The smallest absolute Gasteiger partial charge is 0.317 e. The Hall–Kier alpha value is -2.37. The molecule has 0 unspecified atom stereocenters. The lowest BCUT2D eigenvalue weighted by atomic mass is 10.0. The second-order valence-corrected chi connectivity index (χ2v) is 9.18. The zero-order valence-corrected chi connectivity index (χ0v) is 19.0. The Morgan fingerprint density at radius 2 is 1.58 bits per heavy atom. The Labute approximate surface area is 187 Å². The van der Waals surface area contributed by atoms with E-state index in [9.17, 15) is 4.79 Å². The van der Waals surface area contributed by atoms with E-state index in [2.05, 4.69) is 77.5 Å². The number of urea groups is 1. The van der Waals surface area contributed by atoms with Crippen molar-refractivity contribution in [2.75, 3.05) is 39.3 Å². The van der Waals surface area contributed by atoms with Crippen molar-refractivity contribution >= 4 is 6.03 Å². The van der Waals surface area contributed by atoms with Gasteiger partial charge in [-0.2, -0.15) is 0 Å². The van der Waals surface area contributed by atoms with E-state index in [1.807, 2.05) is 4.90 Å². The number of carbonyl (C=O) groups excluding carboxylic acids is 1. The van der Waals surface area contributed by atoms with Crippen LogP contribution < -0.4 is 5.32 Å². The normalized spacial score (nSPS) is 18.8. The number of nitrogens with one attached hydrogen (secondary N) is 1. The van der Waals surface area contributed by atoms with Gasteiger partial charge in [0.2, 0.25) is 0 Å². The van der Waals surface area contributed by atoms with Crippen LogP contribution in [0.1, 0.15) is 35.1 Å². The van der Waals surface area contributed by atoms with Crippen molar-refractivity contribution in [1.29, 1.82) is 0 Å². The number of rotatable bonds is 5. The number of benzene rings is 2. The Bertz CT molecular complexity index is 867. The van der Waals surface area contributed by atoms with E-state index in [0.29, 0.717) is 6.04 Å². The molecule has 2 amide bonds. The molecule has 0 aromatic heterocycles. The molecule has 5 nitrogen and oxygen atoms in total. The third kappa shape index (κ3) is 6.08. The summed E-state index contributed by atoms with van der Waals surface area (Å²) >= 11 is 0. The quantitative estimate of drug-likeness (QED) is 0.800. The first-order valence-corrected chi connectivity index (χ1v) is 11.7. The number of nitrogens with zero attached hydrogens (tertiary/aromatic N) is 3. The van der Waals surface area contributed by atoms with Crippen LogP contribution in [0.4, 0.5) is 4.79 Å². The van der Waals surface area contributed by atoms with E-state index >= 15 is 0 Å². The lowest BCUT2D eigenvalue weighted by Crippen LogP contribution is -2.54. The van der Waals surface area contributed by atoms with Gasteiger partial charge >= 0.3 is 6.03 Å². The van der Waals surface area contributed by atoms with Gasteiger partial charge in [0.25, 0.3) is 0 Å². The lowest BCUT2D eigenvalue weighted by molar-refractivity contribution is 0.127. The molecule has 2 aromatic rings. The van der Waals surface area contributed by atoms with Gasteiger partial charge in [0.05, 0.1) is 0 Å². The van der Waals surface area contributed by atoms with Crippen LogP contribution in [0.5, 0.6) is 0 Å². The molecule has 2 aliphatic rings. The monoisotopic (exact) mass is 420 g/mol. The summed E-state index contributed by atoms with van der Waals surface area (Å²) in [4.78, 5) is 19.7. The summed E-state index contributed by atoms with van der Waals surface area (Å²) in [5.41, 5.74) is 5.43. The van der Waals surface area contributed by atoms with Gasteiger partial charge in [-0.3, -0.25) is 9.80 Å². The molecule has 2 saturated heterocycles. The minimum Gasteiger partial charge on any atom is -0.335 e. The molecule has 0 bridgehead atoms. The minimum absolute atomic E-state index is 0.118. The Morgan fingerprint density at radius 1 is 0.871 bits per heavy atom. The highest BCUT2D eigenvalue weighted by Gasteiger charge is 2.25. The van der Waals surface area contributed by atoms with Gasteiger partial charge in [-0.05, 0) is 43.4 Å². The van der Waals surface area contributed by atoms with Crippen LogP contribution in [0.2, 0.25) is 0 Å². The average Bonchev–Trinajstić information content (AvgIpc) is 2.77. The summed E-state index contributed by atoms with van der Waals surface area (Å²) in [6, 6.07) is 17.8. The van der Waals surface area contributed by atoms with Crippen LogP contribution >= 0.6 is 0 Å². The minimum atomic E-state index is 0.118. The molecule has 5 heteroatoms. The van der Waals surface area contributed by atoms with Crippen LogP contribution in [-0.4, -0.2) is 66.0 Å². The summed E-state index contributed by atoms with van der Waals surface area (Å²) in [7, 11) is 0. The molecule has 0 aliphatic carbocycles. The number of aryl methyl sites for hydroxylation is 2. The molecule has 2 fully saturated rings. The molecule has 2 heterocycles. The maximum absolute atomic E-state index is 12.8. The summed E-state index contributed by atoms with van der Waals surface area (Å²) in [5, 5.41) is 3.30. The number of amides is 2. The predicted molar refractivity (Wildman–Crippen MR) is 126 cm³/mol. The van der Waals surface area contributed by atoms with E-state index in [-0.39, 0.29) is 6.03 Å². The second-order valence-electron chi connectivity index (χ2n) is 9.18. The van der Waals surface area contributed by atoms with Gasteiger partial charge in [0, 0.05) is 58.4 Å². The topological polar surface area (TPSA) is 38.8 Å². The first kappa shape index (κ1) is 21.8. The van der Waals surface area contributed by atoms with Crippen molar-refractivity contribution in [3.05, 3.63) is 70.8 Å². The first-order chi connectivity index (χ1) is 15.1. The molecule has 1 N–H and O–H groups in total. The average molecular weight is 421 g/mol. The van der Waals surface area contributed by atoms with Crippen molar-refractivity contribution < 1.29 is 4.79 Å². The highest BCUT2D eigenvalue weighted by Crippen LogP contribution is 2.17. The number of hydrogen-bond donors (Lipinski definition) is 1. The van der Waals surface area contributed by atoms with E-state index in [4.69, 9.17) is 0 Å². The van der Waals surface area contributed by atoms with Crippen LogP contribution in [0.3, 0.4) is 0 Å². The molecular formula is C26H36N4O. The van der Waals surface area contributed by atoms with E-state index < -0.39 is 0 Å². The van der Waals surface area contributed by atoms with Crippen LogP contribution in [0, 0.1) is 13.8 Å². The fourth-order valence-corrected chi connectivity index (χ4v) is 4.71. The zero-order chi connectivity index (χ0) is 21.6. The maximum Gasteiger partial charge on any atom is 0.317 e. The van der Waals surface area contributed by atoms with Gasteiger partial charge in [0.1, 0.15) is 0 Å². The van der Waals surface area contributed by atoms with Gasteiger partial charge in [-0.15, -0.1) is 0 Å². The number of hydrogen-bond acceptors (Lipinski definition) is 3. The summed E-state index contributed by atoms with van der Waals surface area (Å²) in [5.74, 6) is 0. The fraction of sp³-hybridized carbons (Fsp3) is 0.500. The van der Waals surface area contributed by atoms with Crippen LogP contribution in [0.25, 0.3) is 0 Å². The molecule has 2 aromatic carbocycles. The van der Waals surface area contributed by atoms with Gasteiger partial charge in [-0.25, -0.2) is 4.79 Å². The Morgan fingerprint density at radius 3 is 2.29 bits per heavy atom. The largest absolute Gasteiger partial charge is 0.335 e. The molecule has 0 saturated carbocycles. The number of carbonyl (C=O) groups is 1. The molecule has 31 heavy (non-hydrogen) atoms. The Kier molecular flexibility index (Phi) is 7.25. The van der Waals surface area contributed by atoms with Crippen molar-refractivity contribution in [3.63, 3.8) is 0 Å². The molecule has 0 radical (unpaired) electrons. The van der Waals surface area contributed by atoms with Crippen LogP contribution in [-0.2, 0) is 13.1 Å². The highest BCUT2D eigenvalue weighted by molar-refractivity contribution is 5.74. The van der Waals surface area contributed by atoms with Gasteiger partial charge < -0.3 is 10.2 Å². The van der Waals surface area contributed by atoms with E-state index in [1.165, 1.54) is 22.3 Å². The summed E-state index contributed by atoms with van der Waals surface area (Å²) < 4.78 is 0. The summed E-state index contributed by atoms with van der Waals surface area (Å²) in [6.07, 6.45) is 2.07. The van der Waals surface area contributed by atoms with Crippen LogP contribution in [0.15, 0.2) is 48.5 Å². The number of piperidine rings is 1. The van der Waals surface area contributed by atoms with Crippen molar-refractivity contribution in [1.82, 2.24) is 20.0 Å². The van der Waals surface area contributed by atoms with Crippen molar-refractivity contribution in [3.8, 4) is 0 Å². The standard InChI is InChI=1S/C26H36N4O/c1-21-6-5-8-23(18-21)19-29-14-16-30(17-15-29)26(31)27-25-10-12-28(13-11-25)20-24-9-4-3-7-22(24)2/h3-9,18,25H,10-17,19-20H2,1-2H3,(H,27,31). The SMILES string of the molecule is Cc1cccc(CN2CCN(C(=O)NC3CCN(Cc4ccccc4C)CC3)CC2)c1. The van der Waals surface area contributed by atoms with Crippen molar-refractivity contribution in [2.24, 2.45) is 0 Å². The molecule has 166 valence electrons. The second kappa shape index (κ2) is 10.3. The molecule has 4 rings (SSSR count). The first-order valence-electron chi connectivity index (χ1n) is 11.7. The maximum atomic E-state index is 12.8. The predicted octanol–water partition coefficient (Wildman–Crippen LogP) is 3.80. The fourth-order valence-electron chi connectivity index (χ4n) is 4.71. The molecule has 0 spiro atoms. The number of piperazine rings is 1. The summed E-state index contributed by atoms with van der Waals surface area (Å²) in [6.45, 7) is 11.9. The molecular weight excluding hydrogens is 384 g/mol. The highest BCUT2D eigenvalue weighted by atomic mass is 16.2. The molecule has 2 aliphatic heterocycles. The van der Waals surface area contributed by atoms with Gasteiger partial charge in [0.15, 0.2) is 0 Å². The van der Waals surface area contributed by atoms with E-state index in [1.54, 1.807) is 0 Å². The Balaban J connectivity index is 1.17. The third-order valence-corrected chi connectivity index (χ3v) is 6.72. The lowest BCUT2D eigenvalue weighted by Gasteiger charge is -2.37. The van der Waals surface area contributed by atoms with Crippen molar-refractivity contribution in [2.45, 2.75) is 45.8 Å². The third-order valence-electron chi connectivity index (χ3n) is 6.72. The zero-order valence-electron chi connectivity index (χ0n) is 19.0.